The molecule has 13 aromatic rings. The first-order chi connectivity index (χ1) is 28.3. The summed E-state index contributed by atoms with van der Waals surface area (Å²) < 4.78 is 11.1. The van der Waals surface area contributed by atoms with E-state index < -0.39 is 0 Å². The number of para-hydroxylation sites is 4. The molecule has 0 aliphatic rings. The van der Waals surface area contributed by atoms with E-state index in [1.54, 1.807) is 0 Å². The fourth-order valence-corrected chi connectivity index (χ4v) is 9.36. The third-order valence-corrected chi connectivity index (χ3v) is 11.9. The zero-order chi connectivity index (χ0) is 37.2. The lowest BCUT2D eigenvalue weighted by atomic mass is 9.98. The molecule has 0 bridgehead atoms. The van der Waals surface area contributed by atoms with Gasteiger partial charge in [-0.3, -0.25) is 4.57 Å². The standard InChI is InChI=1S/C52H30N4O/c1-2-12-31(13-3-1)32-22-24-33(25-23-32)49-48-39-17-7-11-21-47(39)57-51(48)54-52(53-49)56-45-20-10-4-14-36(45)40-28-34(26-27-46(40)56)35-29-41-37-15-5-8-18-43(37)55-44-19-9-6-16-38(44)42(30-35)50(41)55/h1-30H. The van der Waals surface area contributed by atoms with E-state index in [0.717, 1.165) is 60.5 Å². The lowest BCUT2D eigenvalue weighted by molar-refractivity contribution is 0.651. The van der Waals surface area contributed by atoms with Crippen LogP contribution in [-0.4, -0.2) is 18.9 Å². The highest BCUT2D eigenvalue weighted by Crippen LogP contribution is 2.43. The Bertz CT molecular complexity index is 3660. The van der Waals surface area contributed by atoms with Gasteiger partial charge in [-0.1, -0.05) is 133 Å². The molecule has 5 heteroatoms. The Morgan fingerprint density at radius 2 is 0.895 bits per heavy atom. The molecule has 8 aromatic carbocycles. The maximum Gasteiger partial charge on any atom is 0.238 e. The molecule has 0 N–H and O–H groups in total. The maximum atomic E-state index is 6.49. The molecule has 0 spiro atoms. The molecule has 57 heavy (non-hydrogen) atoms. The SMILES string of the molecule is c1ccc(-c2ccc(-c3nc(-n4c5ccccc5c5cc(-c6cc7c8ccccc8n8c9ccccc9c(c6)c78)ccc54)nc4oc5ccccc5c34)cc2)cc1. The normalized spacial score (nSPS) is 12.2. The summed E-state index contributed by atoms with van der Waals surface area (Å²) in [7, 11) is 0. The summed E-state index contributed by atoms with van der Waals surface area (Å²) in [6.07, 6.45) is 0. The van der Waals surface area contributed by atoms with Crippen molar-refractivity contribution in [2.75, 3.05) is 0 Å². The van der Waals surface area contributed by atoms with Crippen molar-refractivity contribution in [3.8, 4) is 39.5 Å². The maximum absolute atomic E-state index is 6.49. The fourth-order valence-electron chi connectivity index (χ4n) is 9.36. The number of aromatic nitrogens is 4. The molecule has 264 valence electrons. The summed E-state index contributed by atoms with van der Waals surface area (Å²) in [4.78, 5) is 10.6. The lowest BCUT2D eigenvalue weighted by Gasteiger charge is -2.11. The second-order valence-electron chi connectivity index (χ2n) is 15.0. The first-order valence-corrected chi connectivity index (χ1v) is 19.3. The molecule has 0 amide bonds. The highest BCUT2D eigenvalue weighted by Gasteiger charge is 2.23. The Morgan fingerprint density at radius 1 is 0.368 bits per heavy atom. The molecule has 0 radical (unpaired) electrons. The summed E-state index contributed by atoms with van der Waals surface area (Å²) >= 11 is 0. The molecule has 0 fully saturated rings. The van der Waals surface area contributed by atoms with E-state index in [1.165, 1.54) is 49.2 Å². The predicted molar refractivity (Wildman–Crippen MR) is 235 cm³/mol. The minimum atomic E-state index is 0.566. The van der Waals surface area contributed by atoms with E-state index in [-0.39, 0.29) is 0 Å². The van der Waals surface area contributed by atoms with E-state index in [2.05, 4.69) is 167 Å². The Balaban J connectivity index is 1.04. The van der Waals surface area contributed by atoms with Gasteiger partial charge in [0.1, 0.15) is 5.58 Å². The Labute approximate surface area is 325 Å². The average Bonchev–Trinajstić information content (AvgIpc) is 4.02. The van der Waals surface area contributed by atoms with Crippen molar-refractivity contribution >= 4 is 82.0 Å². The average molecular weight is 727 g/mol. The van der Waals surface area contributed by atoms with E-state index >= 15 is 0 Å². The third kappa shape index (κ3) is 4.28. The van der Waals surface area contributed by atoms with Crippen LogP contribution in [0.3, 0.4) is 0 Å². The Morgan fingerprint density at radius 3 is 1.61 bits per heavy atom. The van der Waals surface area contributed by atoms with E-state index in [4.69, 9.17) is 14.4 Å². The van der Waals surface area contributed by atoms with Gasteiger partial charge in [0.05, 0.1) is 38.7 Å². The molecule has 0 aliphatic heterocycles. The topological polar surface area (TPSA) is 48.3 Å². The van der Waals surface area contributed by atoms with Crippen LogP contribution in [0.15, 0.2) is 186 Å². The van der Waals surface area contributed by atoms with Crippen molar-refractivity contribution in [1.82, 2.24) is 18.9 Å². The molecule has 0 aliphatic carbocycles. The summed E-state index contributed by atoms with van der Waals surface area (Å²) in [5.41, 5.74) is 13.7. The fraction of sp³-hybridized carbons (Fsp3) is 0. The number of furan rings is 1. The molecular weight excluding hydrogens is 697 g/mol. The minimum Gasteiger partial charge on any atom is -0.437 e. The number of hydrogen-bond acceptors (Lipinski definition) is 3. The summed E-state index contributed by atoms with van der Waals surface area (Å²) in [5.74, 6) is 0.571. The Kier molecular flexibility index (Phi) is 6.10. The molecule has 0 atom stereocenters. The van der Waals surface area contributed by atoms with E-state index in [9.17, 15) is 0 Å². The first-order valence-electron chi connectivity index (χ1n) is 19.3. The molecule has 0 saturated heterocycles. The largest absolute Gasteiger partial charge is 0.437 e. The summed E-state index contributed by atoms with van der Waals surface area (Å²) in [5, 5.41) is 9.28. The van der Waals surface area contributed by atoms with Crippen molar-refractivity contribution in [3.63, 3.8) is 0 Å². The van der Waals surface area contributed by atoms with Gasteiger partial charge in [0, 0.05) is 43.3 Å². The van der Waals surface area contributed by atoms with Gasteiger partial charge < -0.3 is 8.82 Å². The monoisotopic (exact) mass is 726 g/mol. The third-order valence-electron chi connectivity index (χ3n) is 11.9. The van der Waals surface area contributed by atoms with Gasteiger partial charge in [0.15, 0.2) is 0 Å². The number of benzene rings is 8. The van der Waals surface area contributed by atoms with Crippen molar-refractivity contribution in [2.24, 2.45) is 0 Å². The predicted octanol–water partition coefficient (Wildman–Crippen LogP) is 13.6. The molecule has 13 rings (SSSR count). The number of hydrogen-bond donors (Lipinski definition) is 0. The molecule has 5 heterocycles. The van der Waals surface area contributed by atoms with Gasteiger partial charge in [-0.15, -0.1) is 0 Å². The zero-order valence-electron chi connectivity index (χ0n) is 30.5. The highest BCUT2D eigenvalue weighted by atomic mass is 16.3. The molecule has 5 nitrogen and oxygen atoms in total. The van der Waals surface area contributed by atoms with Crippen molar-refractivity contribution < 1.29 is 4.42 Å². The van der Waals surface area contributed by atoms with Crippen LogP contribution in [0.4, 0.5) is 0 Å². The van der Waals surface area contributed by atoms with Crippen LogP contribution in [0.25, 0.3) is 121 Å². The Hall–Kier alpha value is -7.76. The van der Waals surface area contributed by atoms with Crippen LogP contribution in [0.1, 0.15) is 0 Å². The van der Waals surface area contributed by atoms with Crippen LogP contribution >= 0.6 is 0 Å². The molecular formula is C52H30N4O. The van der Waals surface area contributed by atoms with Crippen LogP contribution in [-0.2, 0) is 0 Å². The second kappa shape index (κ2) is 11.4. The van der Waals surface area contributed by atoms with E-state index in [0.29, 0.717) is 11.7 Å². The van der Waals surface area contributed by atoms with Gasteiger partial charge in [0.25, 0.3) is 0 Å². The molecule has 5 aromatic heterocycles. The van der Waals surface area contributed by atoms with Gasteiger partial charge in [0.2, 0.25) is 11.7 Å². The summed E-state index contributed by atoms with van der Waals surface area (Å²) in [6.45, 7) is 0. The van der Waals surface area contributed by atoms with Gasteiger partial charge in [-0.25, -0.2) is 4.98 Å². The second-order valence-corrected chi connectivity index (χ2v) is 15.0. The van der Waals surface area contributed by atoms with Gasteiger partial charge in [-0.05, 0) is 70.8 Å². The number of nitrogens with zero attached hydrogens (tertiary/aromatic N) is 4. The highest BCUT2D eigenvalue weighted by molar-refractivity contribution is 6.24. The molecule has 0 unspecified atom stereocenters. The van der Waals surface area contributed by atoms with E-state index in [1.807, 2.05) is 24.3 Å². The van der Waals surface area contributed by atoms with Crippen molar-refractivity contribution in [1.29, 1.82) is 0 Å². The smallest absolute Gasteiger partial charge is 0.238 e. The zero-order valence-corrected chi connectivity index (χ0v) is 30.5. The van der Waals surface area contributed by atoms with Crippen molar-refractivity contribution in [2.45, 2.75) is 0 Å². The number of rotatable bonds is 4. The van der Waals surface area contributed by atoms with Gasteiger partial charge >= 0.3 is 0 Å². The minimum absolute atomic E-state index is 0.566. The lowest BCUT2D eigenvalue weighted by Crippen LogP contribution is -2.02. The van der Waals surface area contributed by atoms with Crippen LogP contribution in [0.2, 0.25) is 0 Å². The quantitative estimate of drug-likeness (QED) is 0.181. The van der Waals surface area contributed by atoms with Gasteiger partial charge in [-0.2, -0.15) is 4.98 Å². The van der Waals surface area contributed by atoms with Crippen LogP contribution < -0.4 is 0 Å². The molecule has 0 saturated carbocycles. The van der Waals surface area contributed by atoms with Crippen LogP contribution in [0, 0.1) is 0 Å². The van der Waals surface area contributed by atoms with Crippen LogP contribution in [0.5, 0.6) is 0 Å². The van der Waals surface area contributed by atoms with Crippen molar-refractivity contribution in [3.05, 3.63) is 182 Å². The number of fused-ring (bicyclic) bond motifs is 12. The summed E-state index contributed by atoms with van der Waals surface area (Å²) in [6, 6.07) is 64.9. The first kappa shape index (κ1) is 30.6.